The quantitative estimate of drug-likeness (QED) is 0.819. The first-order valence-corrected chi connectivity index (χ1v) is 7.01. The SMILES string of the molecule is CCC(O)CCNC(=O)Cn1c(=O)cnc2ccccc21. The number of hydrogen-bond donors (Lipinski definition) is 2. The van der Waals surface area contributed by atoms with E-state index in [1.54, 1.807) is 18.2 Å². The zero-order valence-corrected chi connectivity index (χ0v) is 12.0. The minimum atomic E-state index is -0.408. The molecule has 1 unspecified atom stereocenters. The van der Waals surface area contributed by atoms with Crippen molar-refractivity contribution in [2.24, 2.45) is 0 Å². The lowest BCUT2D eigenvalue weighted by Crippen LogP contribution is -2.34. The minimum Gasteiger partial charge on any atom is -0.393 e. The van der Waals surface area contributed by atoms with Gasteiger partial charge in [0.1, 0.15) is 6.54 Å². The first-order valence-electron chi connectivity index (χ1n) is 7.01. The Morgan fingerprint density at radius 1 is 1.43 bits per heavy atom. The Bertz CT molecular complexity index is 681. The molecule has 1 heterocycles. The van der Waals surface area contributed by atoms with Crippen molar-refractivity contribution >= 4 is 16.9 Å². The van der Waals surface area contributed by atoms with Crippen molar-refractivity contribution in [1.29, 1.82) is 0 Å². The number of para-hydroxylation sites is 2. The largest absolute Gasteiger partial charge is 0.393 e. The first-order chi connectivity index (χ1) is 10.1. The van der Waals surface area contributed by atoms with Crippen LogP contribution in [-0.4, -0.2) is 33.2 Å². The van der Waals surface area contributed by atoms with Crippen molar-refractivity contribution in [3.63, 3.8) is 0 Å². The van der Waals surface area contributed by atoms with Crippen LogP contribution in [0, 0.1) is 0 Å². The van der Waals surface area contributed by atoms with Crippen molar-refractivity contribution in [3.05, 3.63) is 40.8 Å². The average molecular weight is 289 g/mol. The van der Waals surface area contributed by atoms with Gasteiger partial charge in [-0.05, 0) is 25.0 Å². The first kappa shape index (κ1) is 15.2. The molecule has 2 aromatic rings. The van der Waals surface area contributed by atoms with E-state index in [1.807, 2.05) is 13.0 Å². The number of benzene rings is 1. The number of rotatable bonds is 6. The normalized spacial score (nSPS) is 12.3. The highest BCUT2D eigenvalue weighted by atomic mass is 16.3. The second kappa shape index (κ2) is 6.99. The van der Waals surface area contributed by atoms with Crippen molar-refractivity contribution in [2.45, 2.75) is 32.4 Å². The van der Waals surface area contributed by atoms with E-state index in [0.29, 0.717) is 30.4 Å². The summed E-state index contributed by atoms with van der Waals surface area (Å²) in [5.41, 5.74) is 0.998. The summed E-state index contributed by atoms with van der Waals surface area (Å²) in [4.78, 5) is 27.8. The third-order valence-electron chi connectivity index (χ3n) is 3.33. The second-order valence-electron chi connectivity index (χ2n) is 4.87. The van der Waals surface area contributed by atoms with Crippen molar-refractivity contribution in [2.75, 3.05) is 6.54 Å². The average Bonchev–Trinajstić information content (AvgIpc) is 2.50. The van der Waals surface area contributed by atoms with Crippen LogP contribution in [0.15, 0.2) is 35.3 Å². The van der Waals surface area contributed by atoms with Gasteiger partial charge in [0, 0.05) is 6.54 Å². The van der Waals surface area contributed by atoms with Gasteiger partial charge in [-0.1, -0.05) is 19.1 Å². The molecule has 1 amide bonds. The fourth-order valence-electron chi connectivity index (χ4n) is 2.06. The summed E-state index contributed by atoms with van der Waals surface area (Å²) in [6, 6.07) is 7.18. The molecule has 21 heavy (non-hydrogen) atoms. The number of aliphatic hydroxyl groups is 1. The molecule has 0 aliphatic carbocycles. The number of carbonyl (C=O) groups excluding carboxylic acids is 1. The van der Waals surface area contributed by atoms with Gasteiger partial charge >= 0.3 is 0 Å². The van der Waals surface area contributed by atoms with E-state index >= 15 is 0 Å². The Labute approximate surface area is 122 Å². The van der Waals surface area contributed by atoms with Gasteiger partial charge in [0.2, 0.25) is 5.91 Å². The third-order valence-corrected chi connectivity index (χ3v) is 3.33. The van der Waals surface area contributed by atoms with Gasteiger partial charge in [0.15, 0.2) is 0 Å². The molecule has 0 saturated heterocycles. The molecule has 2 N–H and O–H groups in total. The number of amides is 1. The fourth-order valence-corrected chi connectivity index (χ4v) is 2.06. The third kappa shape index (κ3) is 3.88. The standard InChI is InChI=1S/C15H19N3O3/c1-2-11(19)7-8-16-14(20)10-18-13-6-4-3-5-12(13)17-9-15(18)21/h3-6,9,11,19H,2,7-8,10H2,1H3,(H,16,20). The number of aliphatic hydroxyl groups excluding tert-OH is 1. The highest BCUT2D eigenvalue weighted by Gasteiger charge is 2.09. The molecule has 1 atom stereocenters. The summed E-state index contributed by atoms with van der Waals surface area (Å²) in [7, 11) is 0. The van der Waals surface area contributed by atoms with E-state index in [0.717, 1.165) is 0 Å². The van der Waals surface area contributed by atoms with Crippen molar-refractivity contribution < 1.29 is 9.90 Å². The molecule has 0 radical (unpaired) electrons. The van der Waals surface area contributed by atoms with Crippen LogP contribution in [0.25, 0.3) is 11.0 Å². The van der Waals surface area contributed by atoms with Crippen LogP contribution in [0.3, 0.4) is 0 Å². The number of nitrogens with one attached hydrogen (secondary N) is 1. The predicted octanol–water partition coefficient (Wildman–Crippen LogP) is 0.674. The lowest BCUT2D eigenvalue weighted by molar-refractivity contribution is -0.121. The van der Waals surface area contributed by atoms with Crippen LogP contribution in [0.2, 0.25) is 0 Å². The van der Waals surface area contributed by atoms with Crippen LogP contribution in [0.5, 0.6) is 0 Å². The molecule has 0 aliphatic heterocycles. The Kier molecular flexibility index (Phi) is 5.05. The Morgan fingerprint density at radius 2 is 2.19 bits per heavy atom. The fraction of sp³-hybridized carbons (Fsp3) is 0.400. The molecular formula is C15H19N3O3. The molecule has 1 aromatic carbocycles. The number of nitrogens with zero attached hydrogens (tertiary/aromatic N) is 2. The maximum absolute atomic E-state index is 11.9. The van der Waals surface area contributed by atoms with Gasteiger partial charge in [-0.15, -0.1) is 0 Å². The maximum Gasteiger partial charge on any atom is 0.269 e. The van der Waals surface area contributed by atoms with Crippen LogP contribution >= 0.6 is 0 Å². The summed E-state index contributed by atoms with van der Waals surface area (Å²) < 4.78 is 1.40. The van der Waals surface area contributed by atoms with E-state index < -0.39 is 6.10 Å². The Morgan fingerprint density at radius 3 is 2.95 bits per heavy atom. The topological polar surface area (TPSA) is 84.2 Å². The highest BCUT2D eigenvalue weighted by molar-refractivity contribution is 5.79. The number of fused-ring (bicyclic) bond motifs is 1. The van der Waals surface area contributed by atoms with E-state index in [4.69, 9.17) is 0 Å². The zero-order chi connectivity index (χ0) is 15.2. The van der Waals surface area contributed by atoms with Crippen molar-refractivity contribution in [1.82, 2.24) is 14.9 Å². The minimum absolute atomic E-state index is 0.0515. The smallest absolute Gasteiger partial charge is 0.269 e. The molecule has 1 aromatic heterocycles. The maximum atomic E-state index is 11.9. The molecule has 0 fully saturated rings. The molecule has 0 bridgehead atoms. The molecule has 0 saturated carbocycles. The summed E-state index contributed by atoms with van der Waals surface area (Å²) in [5.74, 6) is -0.253. The van der Waals surface area contributed by atoms with Gasteiger partial charge in [-0.2, -0.15) is 0 Å². The molecule has 0 aliphatic rings. The lowest BCUT2D eigenvalue weighted by atomic mass is 10.2. The molecule has 0 spiro atoms. The monoisotopic (exact) mass is 289 g/mol. The van der Waals surface area contributed by atoms with Gasteiger partial charge in [0.25, 0.3) is 5.56 Å². The van der Waals surface area contributed by atoms with E-state index in [1.165, 1.54) is 10.8 Å². The van der Waals surface area contributed by atoms with Gasteiger partial charge in [-0.3, -0.25) is 14.2 Å². The summed E-state index contributed by atoms with van der Waals surface area (Å²) in [5, 5.41) is 12.1. The second-order valence-corrected chi connectivity index (χ2v) is 4.87. The summed E-state index contributed by atoms with van der Waals surface area (Å²) in [6.07, 6.45) is 1.98. The molecule has 2 rings (SSSR count). The van der Waals surface area contributed by atoms with E-state index in [2.05, 4.69) is 10.3 Å². The molecule has 6 nitrogen and oxygen atoms in total. The Hall–Kier alpha value is -2.21. The van der Waals surface area contributed by atoms with Crippen LogP contribution < -0.4 is 10.9 Å². The van der Waals surface area contributed by atoms with Crippen LogP contribution in [0.1, 0.15) is 19.8 Å². The summed E-state index contributed by atoms with van der Waals surface area (Å²) >= 11 is 0. The number of hydrogen-bond acceptors (Lipinski definition) is 4. The number of aromatic nitrogens is 2. The van der Waals surface area contributed by atoms with Crippen LogP contribution in [0.4, 0.5) is 0 Å². The zero-order valence-electron chi connectivity index (χ0n) is 12.0. The van der Waals surface area contributed by atoms with Crippen molar-refractivity contribution in [3.8, 4) is 0 Å². The molecular weight excluding hydrogens is 270 g/mol. The van der Waals surface area contributed by atoms with E-state index in [-0.39, 0.29) is 18.0 Å². The van der Waals surface area contributed by atoms with Gasteiger partial charge < -0.3 is 10.4 Å². The highest BCUT2D eigenvalue weighted by Crippen LogP contribution is 2.07. The number of carbonyl (C=O) groups is 1. The lowest BCUT2D eigenvalue weighted by Gasteiger charge is -2.11. The van der Waals surface area contributed by atoms with Crippen LogP contribution in [-0.2, 0) is 11.3 Å². The van der Waals surface area contributed by atoms with Gasteiger partial charge in [-0.25, -0.2) is 4.98 Å². The predicted molar refractivity (Wildman–Crippen MR) is 79.9 cm³/mol. The Balaban J connectivity index is 2.07. The van der Waals surface area contributed by atoms with Gasteiger partial charge in [0.05, 0.1) is 23.3 Å². The molecule has 112 valence electrons. The summed E-state index contributed by atoms with van der Waals surface area (Å²) in [6.45, 7) is 2.23. The van der Waals surface area contributed by atoms with E-state index in [9.17, 15) is 14.7 Å². The molecule has 6 heteroatoms.